The Morgan fingerprint density at radius 2 is 2.18 bits per heavy atom. The van der Waals surface area contributed by atoms with Crippen molar-refractivity contribution in [2.75, 3.05) is 6.61 Å². The molecule has 94 valence electrons. The molecular formula is C10H11F3N2O2. The first-order valence-electron chi connectivity index (χ1n) is 4.85. The zero-order valence-corrected chi connectivity index (χ0v) is 8.83. The summed E-state index contributed by atoms with van der Waals surface area (Å²) in [6.45, 7) is -1.50. The van der Waals surface area contributed by atoms with Crippen LogP contribution in [0, 0.1) is 0 Å². The number of nitrogens with one attached hydrogen (secondary N) is 1. The van der Waals surface area contributed by atoms with Crippen LogP contribution in [-0.2, 0) is 16.1 Å². The van der Waals surface area contributed by atoms with Gasteiger partial charge in [-0.2, -0.15) is 13.2 Å². The van der Waals surface area contributed by atoms with Crippen LogP contribution < -0.4 is 5.48 Å². The van der Waals surface area contributed by atoms with Gasteiger partial charge in [-0.05, 0) is 18.6 Å². The number of pyridine rings is 1. The molecule has 0 radical (unpaired) electrons. The lowest BCUT2D eigenvalue weighted by Crippen LogP contribution is -2.29. The van der Waals surface area contributed by atoms with E-state index in [0.29, 0.717) is 12.1 Å². The molecule has 0 aliphatic heterocycles. The summed E-state index contributed by atoms with van der Waals surface area (Å²) in [5.74, 6) is -0.611. The van der Waals surface area contributed by atoms with E-state index in [2.05, 4.69) is 9.82 Å². The maximum absolute atomic E-state index is 11.7. The molecule has 17 heavy (non-hydrogen) atoms. The topological polar surface area (TPSA) is 51.2 Å². The molecule has 0 saturated heterocycles. The van der Waals surface area contributed by atoms with Crippen LogP contribution in [0.2, 0.25) is 0 Å². The molecule has 0 saturated carbocycles. The van der Waals surface area contributed by atoms with Gasteiger partial charge < -0.3 is 0 Å². The number of hydroxylamine groups is 1. The van der Waals surface area contributed by atoms with Crippen LogP contribution in [0.15, 0.2) is 24.4 Å². The Kier molecular flexibility index (Phi) is 4.89. The molecule has 7 heteroatoms. The Balaban J connectivity index is 2.18. The smallest absolute Gasteiger partial charge is 0.273 e. The number of carbonyl (C=O) groups is 1. The van der Waals surface area contributed by atoms with E-state index in [1.54, 1.807) is 29.9 Å². The van der Waals surface area contributed by atoms with Crippen molar-refractivity contribution in [3.63, 3.8) is 0 Å². The van der Waals surface area contributed by atoms with Crippen LogP contribution in [0.5, 0.6) is 0 Å². The summed E-state index contributed by atoms with van der Waals surface area (Å²) >= 11 is 0. The standard InChI is InChI=1S/C10H11F3N2O2/c11-10(12,13)7-17-15-9(16)5-4-8-3-1-2-6-14-8/h1-3,6H,4-5,7H2,(H,15,16). The van der Waals surface area contributed by atoms with Gasteiger partial charge in [-0.25, -0.2) is 5.48 Å². The van der Waals surface area contributed by atoms with Gasteiger partial charge in [0.05, 0.1) is 0 Å². The molecule has 1 amide bonds. The molecule has 1 aromatic rings. The highest BCUT2D eigenvalue weighted by Crippen LogP contribution is 2.13. The highest BCUT2D eigenvalue weighted by atomic mass is 19.4. The van der Waals surface area contributed by atoms with Gasteiger partial charge in [-0.3, -0.25) is 14.6 Å². The summed E-state index contributed by atoms with van der Waals surface area (Å²) in [6.07, 6.45) is -2.50. The van der Waals surface area contributed by atoms with Crippen LogP contribution >= 0.6 is 0 Å². The Hall–Kier alpha value is -1.63. The van der Waals surface area contributed by atoms with Crippen molar-refractivity contribution in [3.8, 4) is 0 Å². The summed E-state index contributed by atoms with van der Waals surface area (Å²) < 4.78 is 35.0. The number of hydrogen-bond donors (Lipinski definition) is 1. The fraction of sp³-hybridized carbons (Fsp3) is 0.400. The molecule has 4 nitrogen and oxygen atoms in total. The van der Waals surface area contributed by atoms with E-state index in [-0.39, 0.29) is 6.42 Å². The summed E-state index contributed by atoms with van der Waals surface area (Å²) in [4.78, 5) is 19.0. The molecule has 0 aliphatic carbocycles. The third-order valence-corrected chi connectivity index (χ3v) is 1.76. The number of amides is 1. The first-order chi connectivity index (χ1) is 7.97. The van der Waals surface area contributed by atoms with Gasteiger partial charge in [0.25, 0.3) is 0 Å². The fourth-order valence-corrected chi connectivity index (χ4v) is 1.04. The highest BCUT2D eigenvalue weighted by Gasteiger charge is 2.28. The molecule has 0 atom stereocenters. The lowest BCUT2D eigenvalue weighted by molar-refractivity contribution is -0.191. The summed E-state index contributed by atoms with van der Waals surface area (Å²) in [6, 6.07) is 5.22. The predicted octanol–water partition coefficient (Wildman–Crippen LogP) is 1.62. The molecule has 0 unspecified atom stereocenters. The van der Waals surface area contributed by atoms with Crippen molar-refractivity contribution >= 4 is 5.91 Å². The molecule has 0 bridgehead atoms. The molecule has 0 aliphatic rings. The molecule has 1 aromatic heterocycles. The maximum atomic E-state index is 11.7. The number of nitrogens with zero attached hydrogens (tertiary/aromatic N) is 1. The lowest BCUT2D eigenvalue weighted by Gasteiger charge is -2.07. The minimum atomic E-state index is -4.45. The van der Waals surface area contributed by atoms with Gasteiger partial charge >= 0.3 is 6.18 Å². The maximum Gasteiger partial charge on any atom is 0.414 e. The van der Waals surface area contributed by atoms with Crippen molar-refractivity contribution in [2.24, 2.45) is 0 Å². The second-order valence-corrected chi connectivity index (χ2v) is 3.25. The van der Waals surface area contributed by atoms with Crippen molar-refractivity contribution < 1.29 is 22.8 Å². The first kappa shape index (κ1) is 13.4. The predicted molar refractivity (Wildman–Crippen MR) is 52.7 cm³/mol. The SMILES string of the molecule is O=C(CCc1ccccn1)NOCC(F)(F)F. The zero-order valence-electron chi connectivity index (χ0n) is 8.83. The first-order valence-corrected chi connectivity index (χ1v) is 4.85. The van der Waals surface area contributed by atoms with Gasteiger partial charge in [-0.1, -0.05) is 6.07 Å². The van der Waals surface area contributed by atoms with Crippen LogP contribution in [0.4, 0.5) is 13.2 Å². The Morgan fingerprint density at radius 3 is 2.76 bits per heavy atom. The average Bonchev–Trinajstić information content (AvgIpc) is 2.26. The van der Waals surface area contributed by atoms with Crippen molar-refractivity contribution in [1.82, 2.24) is 10.5 Å². The van der Waals surface area contributed by atoms with Crippen molar-refractivity contribution in [1.29, 1.82) is 0 Å². The molecule has 1 rings (SSSR count). The van der Waals surface area contributed by atoms with E-state index in [1.165, 1.54) is 0 Å². The second kappa shape index (κ2) is 6.19. The highest BCUT2D eigenvalue weighted by molar-refractivity contribution is 5.74. The van der Waals surface area contributed by atoms with E-state index in [4.69, 9.17) is 0 Å². The van der Waals surface area contributed by atoms with E-state index in [9.17, 15) is 18.0 Å². The van der Waals surface area contributed by atoms with Gasteiger partial charge in [0.2, 0.25) is 5.91 Å². The Bertz CT molecular complexity index is 354. The quantitative estimate of drug-likeness (QED) is 0.806. The van der Waals surface area contributed by atoms with E-state index >= 15 is 0 Å². The molecular weight excluding hydrogens is 237 g/mol. The molecule has 1 N–H and O–H groups in total. The van der Waals surface area contributed by atoms with Crippen LogP contribution in [0.3, 0.4) is 0 Å². The van der Waals surface area contributed by atoms with Crippen molar-refractivity contribution in [3.05, 3.63) is 30.1 Å². The summed E-state index contributed by atoms with van der Waals surface area (Å²) in [5, 5.41) is 0. The molecule has 0 spiro atoms. The Morgan fingerprint density at radius 1 is 1.41 bits per heavy atom. The number of carbonyl (C=O) groups excluding carboxylic acids is 1. The van der Waals surface area contributed by atoms with E-state index in [1.807, 2.05) is 0 Å². The van der Waals surface area contributed by atoms with Crippen molar-refractivity contribution in [2.45, 2.75) is 19.0 Å². The Labute approximate surface area is 95.8 Å². The van der Waals surface area contributed by atoms with Gasteiger partial charge in [0.15, 0.2) is 6.61 Å². The average molecular weight is 248 g/mol. The normalized spacial score (nSPS) is 11.2. The molecule has 0 aromatic carbocycles. The fourth-order valence-electron chi connectivity index (χ4n) is 1.04. The molecule has 0 fully saturated rings. The van der Waals surface area contributed by atoms with Crippen LogP contribution in [0.25, 0.3) is 0 Å². The van der Waals surface area contributed by atoms with Crippen LogP contribution in [0.1, 0.15) is 12.1 Å². The van der Waals surface area contributed by atoms with E-state index in [0.717, 1.165) is 0 Å². The monoisotopic (exact) mass is 248 g/mol. The third-order valence-electron chi connectivity index (χ3n) is 1.76. The van der Waals surface area contributed by atoms with Gasteiger partial charge in [0, 0.05) is 18.3 Å². The number of hydrogen-bond acceptors (Lipinski definition) is 3. The third kappa shape index (κ3) is 6.52. The number of aryl methyl sites for hydroxylation is 1. The zero-order chi connectivity index (χ0) is 12.7. The lowest BCUT2D eigenvalue weighted by atomic mass is 10.2. The summed E-state index contributed by atoms with van der Waals surface area (Å²) in [7, 11) is 0. The summed E-state index contributed by atoms with van der Waals surface area (Å²) in [5.41, 5.74) is 2.42. The number of halogens is 3. The van der Waals surface area contributed by atoms with E-state index < -0.39 is 18.7 Å². The number of aromatic nitrogens is 1. The molecule has 1 heterocycles. The van der Waals surface area contributed by atoms with Gasteiger partial charge in [0.1, 0.15) is 0 Å². The minimum Gasteiger partial charge on any atom is -0.273 e. The largest absolute Gasteiger partial charge is 0.414 e. The number of rotatable bonds is 5. The number of alkyl halides is 3. The second-order valence-electron chi connectivity index (χ2n) is 3.25. The minimum absolute atomic E-state index is 0.0227. The van der Waals surface area contributed by atoms with Gasteiger partial charge in [-0.15, -0.1) is 0 Å². The van der Waals surface area contributed by atoms with Crippen LogP contribution in [-0.4, -0.2) is 23.7 Å².